The Balaban J connectivity index is 2.20. The van der Waals surface area contributed by atoms with Gasteiger partial charge in [0.15, 0.2) is 0 Å². The van der Waals surface area contributed by atoms with E-state index in [4.69, 9.17) is 16.3 Å². The Morgan fingerprint density at radius 3 is 2.36 bits per heavy atom. The Morgan fingerprint density at radius 2 is 1.86 bits per heavy atom. The molecule has 1 atom stereocenters. The number of hydrogen-bond acceptors (Lipinski definition) is 4. The summed E-state index contributed by atoms with van der Waals surface area (Å²) in [5.41, 5.74) is 2.03. The molecule has 6 nitrogen and oxygen atoms in total. The summed E-state index contributed by atoms with van der Waals surface area (Å²) < 4.78 is 30.8. The fourth-order valence-electron chi connectivity index (χ4n) is 2.91. The maximum atomic E-state index is 12.6. The van der Waals surface area contributed by atoms with Gasteiger partial charge >= 0.3 is 0 Å². The van der Waals surface area contributed by atoms with Crippen LogP contribution < -0.4 is 14.4 Å². The van der Waals surface area contributed by atoms with Crippen molar-refractivity contribution >= 4 is 33.2 Å². The molecule has 0 saturated heterocycles. The van der Waals surface area contributed by atoms with E-state index >= 15 is 0 Å². The number of hydrogen-bond donors (Lipinski definition) is 1. The number of anilines is 1. The first-order valence-corrected chi connectivity index (χ1v) is 11.1. The molecule has 0 aliphatic carbocycles. The van der Waals surface area contributed by atoms with Gasteiger partial charge in [0.1, 0.15) is 12.3 Å². The van der Waals surface area contributed by atoms with E-state index in [1.165, 1.54) is 0 Å². The highest BCUT2D eigenvalue weighted by Crippen LogP contribution is 2.26. The largest absolute Gasteiger partial charge is 0.497 e. The lowest BCUT2D eigenvalue weighted by molar-refractivity contribution is -0.120. The molecule has 0 aliphatic heterocycles. The van der Waals surface area contributed by atoms with Crippen LogP contribution in [-0.2, 0) is 14.8 Å². The summed E-state index contributed by atoms with van der Waals surface area (Å²) in [7, 11) is -2.06. The SMILES string of the molecule is CC[C@@H](NC(=O)CN(c1ccc(Cl)cc1C)S(C)(=O)=O)c1ccc(OC)cc1. The number of sulfonamides is 1. The van der Waals surface area contributed by atoms with Gasteiger partial charge in [-0.3, -0.25) is 9.10 Å². The smallest absolute Gasteiger partial charge is 0.241 e. The van der Waals surface area contributed by atoms with E-state index in [9.17, 15) is 13.2 Å². The first kappa shape index (κ1) is 22.0. The first-order chi connectivity index (χ1) is 13.2. The van der Waals surface area contributed by atoms with Crippen LogP contribution in [0.25, 0.3) is 0 Å². The summed E-state index contributed by atoms with van der Waals surface area (Å²) in [6.07, 6.45) is 1.74. The summed E-state index contributed by atoms with van der Waals surface area (Å²) in [5, 5.41) is 3.42. The number of nitrogens with one attached hydrogen (secondary N) is 1. The number of benzene rings is 2. The Bertz CT molecular complexity index is 930. The summed E-state index contributed by atoms with van der Waals surface area (Å²) >= 11 is 5.96. The number of rotatable bonds is 8. The van der Waals surface area contributed by atoms with Gasteiger partial charge in [-0.15, -0.1) is 0 Å². The van der Waals surface area contributed by atoms with Gasteiger partial charge in [-0.1, -0.05) is 30.7 Å². The van der Waals surface area contributed by atoms with Gasteiger partial charge in [0.2, 0.25) is 15.9 Å². The average Bonchev–Trinajstić information content (AvgIpc) is 2.64. The van der Waals surface area contributed by atoms with Crippen LogP contribution in [0.2, 0.25) is 5.02 Å². The standard InChI is InChI=1S/C20H25ClN2O4S/c1-5-18(15-6-9-17(27-3)10-7-15)22-20(24)13-23(28(4,25)26)19-11-8-16(21)12-14(19)2/h6-12,18H,5,13H2,1-4H3,(H,22,24)/t18-/m1/s1. The molecule has 0 bridgehead atoms. The summed E-state index contributed by atoms with van der Waals surface area (Å²) in [6, 6.07) is 12.0. The zero-order valence-corrected chi connectivity index (χ0v) is 18.0. The molecular weight excluding hydrogens is 400 g/mol. The Morgan fingerprint density at radius 1 is 1.21 bits per heavy atom. The molecule has 0 radical (unpaired) electrons. The highest BCUT2D eigenvalue weighted by molar-refractivity contribution is 7.92. The number of methoxy groups -OCH3 is 1. The molecule has 0 saturated carbocycles. The van der Waals surface area contributed by atoms with Crippen molar-refractivity contribution in [3.8, 4) is 5.75 Å². The van der Waals surface area contributed by atoms with Crippen LogP contribution in [0, 0.1) is 6.92 Å². The van der Waals surface area contributed by atoms with Crippen molar-refractivity contribution in [3.63, 3.8) is 0 Å². The topological polar surface area (TPSA) is 75.7 Å². The second-order valence-corrected chi connectivity index (χ2v) is 8.85. The van der Waals surface area contributed by atoms with Crippen LogP contribution in [0.4, 0.5) is 5.69 Å². The number of nitrogens with zero attached hydrogens (tertiary/aromatic N) is 1. The van der Waals surface area contributed by atoms with E-state index < -0.39 is 10.0 Å². The third kappa shape index (κ3) is 5.62. The molecule has 0 heterocycles. The van der Waals surface area contributed by atoms with Crippen LogP contribution in [0.5, 0.6) is 5.75 Å². The Kier molecular flexibility index (Phi) is 7.32. The van der Waals surface area contributed by atoms with Crippen molar-refractivity contribution in [3.05, 3.63) is 58.6 Å². The van der Waals surface area contributed by atoms with Gasteiger partial charge in [0.05, 0.1) is 25.1 Å². The number of ether oxygens (including phenoxy) is 1. The summed E-state index contributed by atoms with van der Waals surface area (Å²) in [5.74, 6) is 0.342. The summed E-state index contributed by atoms with van der Waals surface area (Å²) in [4.78, 5) is 12.6. The fourth-order valence-corrected chi connectivity index (χ4v) is 4.05. The van der Waals surface area contributed by atoms with Gasteiger partial charge in [0.25, 0.3) is 0 Å². The predicted octanol–water partition coefficient (Wildman–Crippen LogP) is 3.69. The number of carbonyl (C=O) groups excluding carboxylic acids is 1. The molecule has 0 aromatic heterocycles. The minimum absolute atomic E-state index is 0.230. The van der Waals surface area contributed by atoms with E-state index in [0.29, 0.717) is 22.7 Å². The lowest BCUT2D eigenvalue weighted by atomic mass is 10.0. The third-order valence-electron chi connectivity index (χ3n) is 4.38. The quantitative estimate of drug-likeness (QED) is 0.701. The molecule has 2 aromatic rings. The molecule has 1 amide bonds. The van der Waals surface area contributed by atoms with Crippen molar-refractivity contribution in [1.29, 1.82) is 0 Å². The first-order valence-electron chi connectivity index (χ1n) is 8.83. The third-order valence-corrected chi connectivity index (χ3v) is 5.74. The van der Waals surface area contributed by atoms with Gasteiger partial charge in [-0.05, 0) is 54.8 Å². The molecule has 1 N–H and O–H groups in total. The fraction of sp³-hybridized carbons (Fsp3) is 0.350. The van der Waals surface area contributed by atoms with Crippen molar-refractivity contribution in [2.45, 2.75) is 26.3 Å². The molecular formula is C20H25ClN2O4S. The van der Waals surface area contributed by atoms with Crippen LogP contribution in [0.3, 0.4) is 0 Å². The Labute approximate surface area is 171 Å². The molecule has 8 heteroatoms. The second kappa shape index (κ2) is 9.30. The van der Waals surface area contributed by atoms with Crippen molar-refractivity contribution in [2.75, 3.05) is 24.2 Å². The minimum atomic E-state index is -3.65. The van der Waals surface area contributed by atoms with Gasteiger partial charge < -0.3 is 10.1 Å². The normalized spacial score (nSPS) is 12.3. The molecule has 2 rings (SSSR count). The van der Waals surface area contributed by atoms with Gasteiger partial charge in [-0.2, -0.15) is 0 Å². The zero-order chi connectivity index (χ0) is 20.9. The second-order valence-electron chi connectivity index (χ2n) is 6.50. The lowest BCUT2D eigenvalue weighted by Gasteiger charge is -2.25. The maximum Gasteiger partial charge on any atom is 0.241 e. The molecule has 152 valence electrons. The average molecular weight is 425 g/mol. The molecule has 0 aliphatic rings. The zero-order valence-electron chi connectivity index (χ0n) is 16.4. The van der Waals surface area contributed by atoms with Crippen molar-refractivity contribution in [1.82, 2.24) is 5.32 Å². The number of halogens is 1. The van der Waals surface area contributed by atoms with E-state index in [-0.39, 0.29) is 18.5 Å². The van der Waals surface area contributed by atoms with Crippen LogP contribution in [0.15, 0.2) is 42.5 Å². The predicted molar refractivity (Wildman–Crippen MR) is 113 cm³/mol. The van der Waals surface area contributed by atoms with E-state index in [1.54, 1.807) is 32.2 Å². The molecule has 2 aromatic carbocycles. The molecule has 0 spiro atoms. The van der Waals surface area contributed by atoms with E-state index in [2.05, 4.69) is 5.32 Å². The highest BCUT2D eigenvalue weighted by Gasteiger charge is 2.24. The van der Waals surface area contributed by atoms with Gasteiger partial charge in [-0.25, -0.2) is 8.42 Å². The number of aryl methyl sites for hydroxylation is 1. The number of carbonyl (C=O) groups is 1. The van der Waals surface area contributed by atoms with E-state index in [1.807, 2.05) is 31.2 Å². The molecule has 28 heavy (non-hydrogen) atoms. The summed E-state index contributed by atoms with van der Waals surface area (Å²) in [6.45, 7) is 3.39. The highest BCUT2D eigenvalue weighted by atomic mass is 35.5. The Hall–Kier alpha value is -2.25. The van der Waals surface area contributed by atoms with Crippen LogP contribution in [-0.4, -0.2) is 34.2 Å². The van der Waals surface area contributed by atoms with Gasteiger partial charge in [0, 0.05) is 5.02 Å². The van der Waals surface area contributed by atoms with Crippen LogP contribution >= 0.6 is 11.6 Å². The van der Waals surface area contributed by atoms with Crippen molar-refractivity contribution < 1.29 is 17.9 Å². The lowest BCUT2D eigenvalue weighted by Crippen LogP contribution is -2.41. The van der Waals surface area contributed by atoms with Crippen LogP contribution in [0.1, 0.15) is 30.5 Å². The molecule has 0 unspecified atom stereocenters. The van der Waals surface area contributed by atoms with Crippen molar-refractivity contribution in [2.24, 2.45) is 0 Å². The minimum Gasteiger partial charge on any atom is -0.497 e. The molecule has 0 fully saturated rings. The van der Waals surface area contributed by atoms with E-state index in [0.717, 1.165) is 21.9 Å². The maximum absolute atomic E-state index is 12.6. The monoisotopic (exact) mass is 424 g/mol. The number of amides is 1.